The van der Waals surface area contributed by atoms with Crippen LogP contribution in [0.5, 0.6) is 0 Å². The molecule has 1 unspecified atom stereocenters. The normalized spacial score (nSPS) is 12.5. The second-order valence-corrected chi connectivity index (χ2v) is 5.25. The molecule has 0 amide bonds. The van der Waals surface area contributed by atoms with Crippen molar-refractivity contribution in [3.63, 3.8) is 0 Å². The standard InChI is InChI=1S/C14H11Cl3FN/c1-19-14(9-3-2-4-11(16)13(9)17)10-7-8(15)5-6-12(10)18/h2-7,14,19H,1H3. The quantitative estimate of drug-likeness (QED) is 0.830. The molecule has 0 saturated carbocycles. The highest BCUT2D eigenvalue weighted by atomic mass is 35.5. The van der Waals surface area contributed by atoms with E-state index in [1.165, 1.54) is 12.1 Å². The molecular formula is C14H11Cl3FN. The molecule has 100 valence electrons. The highest BCUT2D eigenvalue weighted by Gasteiger charge is 2.20. The Morgan fingerprint density at radius 2 is 1.79 bits per heavy atom. The Hall–Kier alpha value is -0.800. The van der Waals surface area contributed by atoms with E-state index in [4.69, 9.17) is 34.8 Å². The van der Waals surface area contributed by atoms with Gasteiger partial charge >= 0.3 is 0 Å². The summed E-state index contributed by atoms with van der Waals surface area (Å²) >= 11 is 18.1. The Kier molecular flexibility index (Phi) is 4.69. The maximum atomic E-state index is 13.9. The number of halogens is 4. The summed E-state index contributed by atoms with van der Waals surface area (Å²) in [6.45, 7) is 0. The van der Waals surface area contributed by atoms with E-state index < -0.39 is 6.04 Å². The van der Waals surface area contributed by atoms with Crippen LogP contribution in [0, 0.1) is 5.82 Å². The molecule has 2 aromatic rings. The molecule has 0 aromatic heterocycles. The summed E-state index contributed by atoms with van der Waals surface area (Å²) in [6.07, 6.45) is 0. The molecule has 0 aliphatic carbocycles. The van der Waals surface area contributed by atoms with Crippen LogP contribution in [0.1, 0.15) is 17.2 Å². The fraction of sp³-hybridized carbons (Fsp3) is 0.143. The summed E-state index contributed by atoms with van der Waals surface area (Å²) in [5.41, 5.74) is 1.14. The number of rotatable bonds is 3. The summed E-state index contributed by atoms with van der Waals surface area (Å²) in [4.78, 5) is 0. The van der Waals surface area contributed by atoms with Gasteiger partial charge in [0, 0.05) is 10.6 Å². The minimum absolute atomic E-state index is 0.347. The van der Waals surface area contributed by atoms with Gasteiger partial charge in [0.2, 0.25) is 0 Å². The van der Waals surface area contributed by atoms with Crippen molar-refractivity contribution in [2.45, 2.75) is 6.04 Å². The fourth-order valence-corrected chi connectivity index (χ4v) is 2.56. The third-order valence-corrected chi connectivity index (χ3v) is 3.92. The number of benzene rings is 2. The SMILES string of the molecule is CNC(c1cc(Cl)ccc1F)c1cccc(Cl)c1Cl. The molecular weight excluding hydrogens is 308 g/mol. The molecule has 2 aromatic carbocycles. The van der Waals surface area contributed by atoms with Gasteiger partial charge in [-0.05, 0) is 36.9 Å². The summed E-state index contributed by atoms with van der Waals surface area (Å²) in [5, 5.41) is 4.33. The van der Waals surface area contributed by atoms with Crippen LogP contribution < -0.4 is 5.32 Å². The van der Waals surface area contributed by atoms with Gasteiger partial charge < -0.3 is 5.32 Å². The average molecular weight is 319 g/mol. The zero-order valence-corrected chi connectivity index (χ0v) is 12.3. The van der Waals surface area contributed by atoms with Crippen molar-refractivity contribution in [1.82, 2.24) is 5.32 Å². The molecule has 19 heavy (non-hydrogen) atoms. The molecule has 1 atom stereocenters. The second kappa shape index (κ2) is 6.10. The van der Waals surface area contributed by atoms with Crippen LogP contribution in [-0.4, -0.2) is 7.05 Å². The molecule has 0 aliphatic heterocycles. The van der Waals surface area contributed by atoms with E-state index in [2.05, 4.69) is 5.32 Å². The minimum atomic E-state index is -0.412. The topological polar surface area (TPSA) is 12.0 Å². The zero-order chi connectivity index (χ0) is 14.0. The second-order valence-electron chi connectivity index (χ2n) is 4.03. The number of hydrogen-bond donors (Lipinski definition) is 1. The van der Waals surface area contributed by atoms with Gasteiger partial charge in [-0.15, -0.1) is 0 Å². The Bertz CT molecular complexity index is 599. The molecule has 1 N–H and O–H groups in total. The van der Waals surface area contributed by atoms with E-state index in [9.17, 15) is 4.39 Å². The first-order chi connectivity index (χ1) is 9.04. The van der Waals surface area contributed by atoms with Gasteiger partial charge in [0.1, 0.15) is 5.82 Å². The first kappa shape index (κ1) is 14.6. The number of hydrogen-bond acceptors (Lipinski definition) is 1. The van der Waals surface area contributed by atoms with E-state index in [1.807, 2.05) is 0 Å². The minimum Gasteiger partial charge on any atom is -0.309 e. The molecule has 0 saturated heterocycles. The third kappa shape index (κ3) is 3.03. The van der Waals surface area contributed by atoms with E-state index >= 15 is 0 Å². The first-order valence-corrected chi connectivity index (χ1v) is 6.74. The highest BCUT2D eigenvalue weighted by molar-refractivity contribution is 6.42. The predicted molar refractivity (Wildman–Crippen MR) is 78.8 cm³/mol. The van der Waals surface area contributed by atoms with Gasteiger partial charge in [0.05, 0.1) is 16.1 Å². The zero-order valence-electron chi connectivity index (χ0n) is 10.1. The van der Waals surface area contributed by atoms with Crippen molar-refractivity contribution in [2.75, 3.05) is 7.05 Å². The van der Waals surface area contributed by atoms with E-state index in [1.54, 1.807) is 31.3 Å². The predicted octanol–water partition coefficient (Wildman–Crippen LogP) is 5.09. The Morgan fingerprint density at radius 1 is 1.05 bits per heavy atom. The van der Waals surface area contributed by atoms with Crippen LogP contribution in [-0.2, 0) is 0 Å². The van der Waals surface area contributed by atoms with Gasteiger partial charge in [-0.25, -0.2) is 4.39 Å². The number of nitrogens with one attached hydrogen (secondary N) is 1. The molecule has 0 aliphatic rings. The lowest BCUT2D eigenvalue weighted by Gasteiger charge is -2.20. The maximum absolute atomic E-state index is 13.9. The van der Waals surface area contributed by atoms with Crippen LogP contribution in [0.2, 0.25) is 15.1 Å². The summed E-state index contributed by atoms with van der Waals surface area (Å²) < 4.78 is 13.9. The lowest BCUT2D eigenvalue weighted by molar-refractivity contribution is 0.576. The monoisotopic (exact) mass is 317 g/mol. The van der Waals surface area contributed by atoms with Gasteiger partial charge in [-0.3, -0.25) is 0 Å². The van der Waals surface area contributed by atoms with Crippen molar-refractivity contribution in [1.29, 1.82) is 0 Å². The molecule has 0 bridgehead atoms. The Morgan fingerprint density at radius 3 is 2.47 bits per heavy atom. The maximum Gasteiger partial charge on any atom is 0.128 e. The van der Waals surface area contributed by atoms with Crippen molar-refractivity contribution in [3.05, 3.63) is 68.4 Å². The van der Waals surface area contributed by atoms with Gasteiger partial charge in [0.15, 0.2) is 0 Å². The third-order valence-electron chi connectivity index (χ3n) is 2.85. The van der Waals surface area contributed by atoms with Crippen molar-refractivity contribution in [2.24, 2.45) is 0 Å². The van der Waals surface area contributed by atoms with Crippen LogP contribution in [0.25, 0.3) is 0 Å². The average Bonchev–Trinajstić information content (AvgIpc) is 2.39. The molecule has 0 radical (unpaired) electrons. The van der Waals surface area contributed by atoms with Crippen molar-refractivity contribution in [3.8, 4) is 0 Å². The Labute approximate surface area is 126 Å². The van der Waals surface area contributed by atoms with Gasteiger partial charge in [-0.2, -0.15) is 0 Å². The highest BCUT2D eigenvalue weighted by Crippen LogP contribution is 2.34. The van der Waals surface area contributed by atoms with Crippen LogP contribution >= 0.6 is 34.8 Å². The fourth-order valence-electron chi connectivity index (χ4n) is 1.96. The lowest BCUT2D eigenvalue weighted by Crippen LogP contribution is -2.19. The molecule has 0 spiro atoms. The van der Waals surface area contributed by atoms with E-state index in [0.717, 1.165) is 0 Å². The lowest BCUT2D eigenvalue weighted by atomic mass is 9.98. The molecule has 1 nitrogen and oxygen atoms in total. The van der Waals surface area contributed by atoms with Gasteiger partial charge in [-0.1, -0.05) is 46.9 Å². The largest absolute Gasteiger partial charge is 0.309 e. The van der Waals surface area contributed by atoms with Crippen LogP contribution in [0.4, 0.5) is 4.39 Å². The van der Waals surface area contributed by atoms with E-state index in [-0.39, 0.29) is 5.82 Å². The first-order valence-electron chi connectivity index (χ1n) is 5.60. The summed E-state index contributed by atoms with van der Waals surface area (Å²) in [7, 11) is 1.72. The molecule has 2 rings (SSSR count). The van der Waals surface area contributed by atoms with Crippen molar-refractivity contribution >= 4 is 34.8 Å². The molecule has 0 heterocycles. The summed E-state index contributed by atoms with van der Waals surface area (Å²) in [5.74, 6) is -0.347. The van der Waals surface area contributed by atoms with Crippen LogP contribution in [0.15, 0.2) is 36.4 Å². The van der Waals surface area contributed by atoms with Crippen LogP contribution in [0.3, 0.4) is 0 Å². The smallest absolute Gasteiger partial charge is 0.128 e. The van der Waals surface area contributed by atoms with Crippen molar-refractivity contribution < 1.29 is 4.39 Å². The van der Waals surface area contributed by atoms with Gasteiger partial charge in [0.25, 0.3) is 0 Å². The summed E-state index contributed by atoms with van der Waals surface area (Å²) in [6, 6.07) is 9.27. The Balaban J connectivity index is 2.56. The molecule has 5 heteroatoms. The van der Waals surface area contributed by atoms with E-state index in [0.29, 0.717) is 26.2 Å². The molecule has 0 fully saturated rings.